The van der Waals surface area contributed by atoms with Gasteiger partial charge in [-0.1, -0.05) is 48.0 Å². The van der Waals surface area contributed by atoms with Gasteiger partial charge in [0.15, 0.2) is 5.82 Å². The van der Waals surface area contributed by atoms with E-state index in [1.807, 2.05) is 18.2 Å². The fourth-order valence-electron chi connectivity index (χ4n) is 2.72. The van der Waals surface area contributed by atoms with Crippen molar-refractivity contribution in [3.05, 3.63) is 70.9 Å². The Kier molecular flexibility index (Phi) is 4.70. The molecule has 0 bridgehead atoms. The van der Waals surface area contributed by atoms with Gasteiger partial charge in [-0.25, -0.2) is 0 Å². The van der Waals surface area contributed by atoms with Crippen LogP contribution in [0.2, 0.25) is 0 Å². The smallest absolute Gasteiger partial charge is 0.244 e. The first-order valence-electron chi connectivity index (χ1n) is 7.94. The molecule has 3 rings (SSSR count). The first-order chi connectivity index (χ1) is 11.6. The number of hydrogen-bond acceptors (Lipinski definition) is 5. The van der Waals surface area contributed by atoms with Crippen LogP contribution in [0.25, 0.3) is 0 Å². The van der Waals surface area contributed by atoms with Crippen LogP contribution in [0.15, 0.2) is 48.7 Å². The van der Waals surface area contributed by atoms with E-state index in [-0.39, 0.29) is 0 Å². The van der Waals surface area contributed by atoms with E-state index in [1.54, 1.807) is 6.20 Å². The molecule has 1 heterocycles. The Hall–Kier alpha value is -2.95. The van der Waals surface area contributed by atoms with Gasteiger partial charge in [0.25, 0.3) is 0 Å². The average Bonchev–Trinajstić information content (AvgIpc) is 2.58. The highest BCUT2D eigenvalue weighted by Crippen LogP contribution is 2.25. The number of aryl methyl sites for hydroxylation is 3. The molecule has 2 N–H and O–H groups in total. The van der Waals surface area contributed by atoms with Gasteiger partial charge >= 0.3 is 0 Å². The van der Waals surface area contributed by atoms with Crippen LogP contribution in [0.1, 0.15) is 22.3 Å². The van der Waals surface area contributed by atoms with Gasteiger partial charge < -0.3 is 10.6 Å². The summed E-state index contributed by atoms with van der Waals surface area (Å²) in [7, 11) is 0. The first kappa shape index (κ1) is 15.9. The summed E-state index contributed by atoms with van der Waals surface area (Å²) in [5.74, 6) is 1.18. The second-order valence-electron chi connectivity index (χ2n) is 5.90. The number of aromatic nitrogens is 3. The molecule has 2 aromatic carbocycles. The lowest BCUT2D eigenvalue weighted by Gasteiger charge is -2.13. The van der Waals surface area contributed by atoms with Crippen LogP contribution in [-0.2, 0) is 6.54 Å². The zero-order chi connectivity index (χ0) is 16.9. The number of anilines is 3. The van der Waals surface area contributed by atoms with Gasteiger partial charge in [0.1, 0.15) is 0 Å². The topological polar surface area (TPSA) is 62.7 Å². The van der Waals surface area contributed by atoms with Crippen LogP contribution in [-0.4, -0.2) is 15.2 Å². The summed E-state index contributed by atoms with van der Waals surface area (Å²) >= 11 is 0. The maximum absolute atomic E-state index is 4.49. The number of rotatable bonds is 5. The van der Waals surface area contributed by atoms with Gasteiger partial charge in [-0.3, -0.25) is 0 Å². The Balaban J connectivity index is 1.74. The van der Waals surface area contributed by atoms with Crippen molar-refractivity contribution in [2.75, 3.05) is 10.6 Å². The third-order valence-electron chi connectivity index (χ3n) is 3.78. The highest BCUT2D eigenvalue weighted by atomic mass is 15.3. The number of nitrogens with one attached hydrogen (secondary N) is 2. The SMILES string of the molecule is Cc1cc(C)c(Nc2cnnc(NCc3ccccc3)n2)c(C)c1. The Morgan fingerprint density at radius 1 is 0.958 bits per heavy atom. The molecule has 0 spiro atoms. The van der Waals surface area contributed by atoms with Gasteiger partial charge in [-0.15, -0.1) is 5.10 Å². The van der Waals surface area contributed by atoms with E-state index in [9.17, 15) is 0 Å². The molecule has 1 aromatic heterocycles. The molecule has 3 aromatic rings. The molecule has 5 nitrogen and oxygen atoms in total. The fraction of sp³-hybridized carbons (Fsp3) is 0.211. The summed E-state index contributed by atoms with van der Waals surface area (Å²) in [6, 6.07) is 14.4. The number of benzene rings is 2. The predicted molar refractivity (Wildman–Crippen MR) is 97.5 cm³/mol. The van der Waals surface area contributed by atoms with Gasteiger partial charge in [0, 0.05) is 12.2 Å². The van der Waals surface area contributed by atoms with E-state index in [1.165, 1.54) is 22.3 Å². The van der Waals surface area contributed by atoms with Gasteiger partial charge in [0.05, 0.1) is 6.20 Å². The van der Waals surface area contributed by atoms with E-state index in [0.717, 1.165) is 5.69 Å². The molecule has 0 atom stereocenters. The highest BCUT2D eigenvalue weighted by Gasteiger charge is 2.06. The van der Waals surface area contributed by atoms with E-state index in [4.69, 9.17) is 0 Å². The Morgan fingerprint density at radius 3 is 2.38 bits per heavy atom. The second kappa shape index (κ2) is 7.08. The summed E-state index contributed by atoms with van der Waals surface area (Å²) in [4.78, 5) is 4.49. The summed E-state index contributed by atoms with van der Waals surface area (Å²) in [6.07, 6.45) is 1.63. The molecule has 0 radical (unpaired) electrons. The van der Waals surface area contributed by atoms with Crippen molar-refractivity contribution in [1.29, 1.82) is 0 Å². The largest absolute Gasteiger partial charge is 0.349 e. The standard InChI is InChI=1S/C19H21N5/c1-13-9-14(2)18(15(3)10-13)22-17-12-21-24-19(23-17)20-11-16-7-5-4-6-8-16/h4-10,12H,11H2,1-3H3,(H2,20,22,23,24). The van der Waals surface area contributed by atoms with Crippen LogP contribution >= 0.6 is 0 Å². The van der Waals surface area contributed by atoms with Crippen molar-refractivity contribution in [3.63, 3.8) is 0 Å². The van der Waals surface area contributed by atoms with Crippen molar-refractivity contribution in [1.82, 2.24) is 15.2 Å². The van der Waals surface area contributed by atoms with E-state index in [2.05, 4.69) is 70.9 Å². The molecule has 0 aliphatic carbocycles. The maximum Gasteiger partial charge on any atom is 0.244 e. The van der Waals surface area contributed by atoms with Crippen LogP contribution in [0.5, 0.6) is 0 Å². The van der Waals surface area contributed by atoms with Gasteiger partial charge in [-0.05, 0) is 37.5 Å². The molecule has 0 amide bonds. The lowest BCUT2D eigenvalue weighted by molar-refractivity contribution is 0.948. The zero-order valence-electron chi connectivity index (χ0n) is 14.2. The molecular formula is C19H21N5. The van der Waals surface area contributed by atoms with Crippen molar-refractivity contribution in [3.8, 4) is 0 Å². The minimum Gasteiger partial charge on any atom is -0.349 e. The third-order valence-corrected chi connectivity index (χ3v) is 3.78. The molecule has 24 heavy (non-hydrogen) atoms. The van der Waals surface area contributed by atoms with Crippen LogP contribution in [0.3, 0.4) is 0 Å². The molecule has 0 saturated carbocycles. The second-order valence-corrected chi connectivity index (χ2v) is 5.90. The molecule has 0 fully saturated rings. The monoisotopic (exact) mass is 319 g/mol. The summed E-state index contributed by atoms with van der Waals surface area (Å²) in [5.41, 5.74) is 5.86. The molecule has 0 saturated heterocycles. The normalized spacial score (nSPS) is 10.5. The van der Waals surface area contributed by atoms with Crippen molar-refractivity contribution in [2.24, 2.45) is 0 Å². The molecule has 0 unspecified atom stereocenters. The van der Waals surface area contributed by atoms with E-state index >= 15 is 0 Å². The molecular weight excluding hydrogens is 298 g/mol. The average molecular weight is 319 g/mol. The Labute approximate surface area is 142 Å². The van der Waals surface area contributed by atoms with Crippen molar-refractivity contribution < 1.29 is 0 Å². The fourth-order valence-corrected chi connectivity index (χ4v) is 2.72. The molecule has 0 aliphatic heterocycles. The van der Waals surface area contributed by atoms with Crippen LogP contribution in [0, 0.1) is 20.8 Å². The zero-order valence-corrected chi connectivity index (χ0v) is 14.2. The molecule has 0 aliphatic rings. The molecule has 122 valence electrons. The number of nitrogens with zero attached hydrogens (tertiary/aromatic N) is 3. The predicted octanol–water partition coefficient (Wildman–Crippen LogP) is 4.15. The summed E-state index contributed by atoms with van der Waals surface area (Å²) < 4.78 is 0. The van der Waals surface area contributed by atoms with Crippen molar-refractivity contribution in [2.45, 2.75) is 27.3 Å². The van der Waals surface area contributed by atoms with Gasteiger partial charge in [-0.2, -0.15) is 10.1 Å². The molecule has 5 heteroatoms. The third kappa shape index (κ3) is 3.87. The van der Waals surface area contributed by atoms with Crippen molar-refractivity contribution >= 4 is 17.5 Å². The first-order valence-corrected chi connectivity index (χ1v) is 7.94. The van der Waals surface area contributed by atoms with Gasteiger partial charge in [0.2, 0.25) is 5.95 Å². The minimum atomic E-state index is 0.506. The van der Waals surface area contributed by atoms with E-state index in [0.29, 0.717) is 18.3 Å². The quantitative estimate of drug-likeness (QED) is 0.739. The highest BCUT2D eigenvalue weighted by molar-refractivity contribution is 5.65. The maximum atomic E-state index is 4.49. The van der Waals surface area contributed by atoms with E-state index < -0.39 is 0 Å². The van der Waals surface area contributed by atoms with Crippen LogP contribution in [0.4, 0.5) is 17.5 Å². The Morgan fingerprint density at radius 2 is 1.67 bits per heavy atom. The minimum absolute atomic E-state index is 0.506. The lowest BCUT2D eigenvalue weighted by atomic mass is 10.1. The van der Waals surface area contributed by atoms with Crippen LogP contribution < -0.4 is 10.6 Å². The summed E-state index contributed by atoms with van der Waals surface area (Å²) in [6.45, 7) is 6.94. The Bertz CT molecular complexity index is 807. The lowest BCUT2D eigenvalue weighted by Crippen LogP contribution is -2.07. The number of hydrogen-bond donors (Lipinski definition) is 2. The summed E-state index contributed by atoms with van der Waals surface area (Å²) in [5, 5.41) is 14.6.